The van der Waals surface area contributed by atoms with Gasteiger partial charge in [-0.3, -0.25) is 0 Å². The number of alkyl halides is 6. The maximum atomic E-state index is 12.8. The molecule has 1 heterocycles. The lowest BCUT2D eigenvalue weighted by Crippen LogP contribution is -2.53. The van der Waals surface area contributed by atoms with Gasteiger partial charge in [-0.1, -0.05) is 11.6 Å². The van der Waals surface area contributed by atoms with Crippen LogP contribution in [0.4, 0.5) is 26.3 Å². The monoisotopic (exact) mass is 317 g/mol. The van der Waals surface area contributed by atoms with E-state index in [0.29, 0.717) is 6.20 Å². The molecule has 0 aliphatic heterocycles. The first-order valence-electron chi connectivity index (χ1n) is 5.11. The third kappa shape index (κ3) is 2.03. The molecule has 0 fully saturated rings. The Hall–Kier alpha value is -1.41. The van der Waals surface area contributed by atoms with Crippen LogP contribution < -0.4 is 0 Å². The van der Waals surface area contributed by atoms with Gasteiger partial charge < -0.3 is 10.1 Å². The molecule has 110 valence electrons. The van der Waals surface area contributed by atoms with Crippen molar-refractivity contribution in [3.8, 4) is 0 Å². The second kappa shape index (κ2) is 4.29. The quantitative estimate of drug-likeness (QED) is 0.762. The Kier molecular flexibility index (Phi) is 3.22. The number of hydrogen-bond donors (Lipinski definition) is 2. The molecule has 0 bridgehead atoms. The molecule has 0 amide bonds. The van der Waals surface area contributed by atoms with Crippen LogP contribution in [0.3, 0.4) is 0 Å². The number of rotatable bonds is 1. The van der Waals surface area contributed by atoms with E-state index in [1.54, 1.807) is 0 Å². The highest BCUT2D eigenvalue weighted by molar-refractivity contribution is 6.31. The third-order valence-electron chi connectivity index (χ3n) is 2.85. The minimum atomic E-state index is -5.93. The maximum absolute atomic E-state index is 12.8. The second-order valence-corrected chi connectivity index (χ2v) is 4.53. The van der Waals surface area contributed by atoms with Crippen LogP contribution >= 0.6 is 11.6 Å². The molecule has 1 aromatic carbocycles. The number of nitrogens with one attached hydrogen (secondary N) is 1. The number of hydrogen-bond acceptors (Lipinski definition) is 1. The molecule has 9 heteroatoms. The van der Waals surface area contributed by atoms with Gasteiger partial charge in [0.05, 0.1) is 0 Å². The zero-order valence-corrected chi connectivity index (χ0v) is 10.2. The van der Waals surface area contributed by atoms with Crippen molar-refractivity contribution in [3.05, 3.63) is 35.0 Å². The minimum Gasteiger partial charge on any atom is -0.369 e. The van der Waals surface area contributed by atoms with Crippen LogP contribution in [0.2, 0.25) is 5.02 Å². The standard InChI is InChI=1S/C11H6ClF6NO/c12-5-1-2-8-6(3-5)7(4-19-8)9(20,10(13,14)15)11(16,17)18/h1-4,19-20H. The van der Waals surface area contributed by atoms with Gasteiger partial charge in [0.25, 0.3) is 5.60 Å². The van der Waals surface area contributed by atoms with Crippen LogP contribution in [0.15, 0.2) is 24.4 Å². The summed E-state index contributed by atoms with van der Waals surface area (Å²) in [5.41, 5.74) is -6.31. The molecule has 0 saturated heterocycles. The lowest BCUT2D eigenvalue weighted by molar-refractivity contribution is -0.375. The normalized spacial score (nSPS) is 14.0. The molecule has 2 N–H and O–H groups in total. The number of aromatic nitrogens is 1. The highest BCUT2D eigenvalue weighted by atomic mass is 35.5. The molecular weight excluding hydrogens is 312 g/mol. The minimum absolute atomic E-state index is 0.00340. The molecule has 0 aliphatic rings. The van der Waals surface area contributed by atoms with Crippen molar-refractivity contribution in [3.63, 3.8) is 0 Å². The van der Waals surface area contributed by atoms with Crippen molar-refractivity contribution in [1.29, 1.82) is 0 Å². The average molecular weight is 318 g/mol. The molecule has 0 unspecified atom stereocenters. The van der Waals surface area contributed by atoms with Gasteiger partial charge >= 0.3 is 12.4 Å². The molecule has 2 aromatic rings. The summed E-state index contributed by atoms with van der Waals surface area (Å²) in [6, 6.07) is 3.43. The smallest absolute Gasteiger partial charge is 0.369 e. The van der Waals surface area contributed by atoms with Crippen LogP contribution in [-0.2, 0) is 5.60 Å². The Labute approximate surface area is 113 Å². The summed E-state index contributed by atoms with van der Waals surface area (Å²) in [7, 11) is 0. The van der Waals surface area contributed by atoms with Crippen LogP contribution in [0, 0.1) is 0 Å². The van der Waals surface area contributed by atoms with E-state index < -0.39 is 28.9 Å². The van der Waals surface area contributed by atoms with Crippen molar-refractivity contribution in [2.75, 3.05) is 0 Å². The van der Waals surface area contributed by atoms with Gasteiger partial charge in [-0.2, -0.15) is 26.3 Å². The Morgan fingerprint density at radius 1 is 1.00 bits per heavy atom. The van der Waals surface area contributed by atoms with E-state index in [1.165, 1.54) is 12.1 Å². The van der Waals surface area contributed by atoms with Gasteiger partial charge in [-0.25, -0.2) is 0 Å². The Morgan fingerprint density at radius 3 is 2.05 bits per heavy atom. The van der Waals surface area contributed by atoms with Crippen molar-refractivity contribution >= 4 is 22.5 Å². The molecular formula is C11H6ClF6NO. The molecule has 0 atom stereocenters. The van der Waals surface area contributed by atoms with Crippen LogP contribution in [-0.4, -0.2) is 22.4 Å². The Morgan fingerprint density at radius 2 is 1.55 bits per heavy atom. The molecule has 0 aliphatic carbocycles. The number of halogens is 7. The molecule has 2 nitrogen and oxygen atoms in total. The Bertz CT molecular complexity index is 630. The number of fused-ring (bicyclic) bond motifs is 1. The fourth-order valence-corrected chi connectivity index (χ4v) is 2.03. The number of H-pyrrole nitrogens is 1. The van der Waals surface area contributed by atoms with E-state index in [-0.39, 0.29) is 10.5 Å². The summed E-state index contributed by atoms with van der Waals surface area (Å²) < 4.78 is 76.7. The number of aliphatic hydroxyl groups is 1. The fraction of sp³-hybridized carbons (Fsp3) is 0.273. The van der Waals surface area contributed by atoms with E-state index in [9.17, 15) is 31.4 Å². The van der Waals surface area contributed by atoms with Crippen molar-refractivity contribution in [2.45, 2.75) is 18.0 Å². The summed E-state index contributed by atoms with van der Waals surface area (Å²) >= 11 is 5.57. The van der Waals surface area contributed by atoms with Gasteiger partial charge in [0.1, 0.15) is 0 Å². The maximum Gasteiger partial charge on any atom is 0.430 e. The Balaban J connectivity index is 2.80. The first-order chi connectivity index (χ1) is 8.98. The predicted molar refractivity (Wildman–Crippen MR) is 59.3 cm³/mol. The van der Waals surface area contributed by atoms with Crippen LogP contribution in [0.1, 0.15) is 5.56 Å². The number of benzene rings is 1. The second-order valence-electron chi connectivity index (χ2n) is 4.10. The van der Waals surface area contributed by atoms with Crippen molar-refractivity contribution < 1.29 is 31.4 Å². The van der Waals surface area contributed by atoms with Crippen LogP contribution in [0.5, 0.6) is 0 Å². The highest BCUT2D eigenvalue weighted by Crippen LogP contribution is 2.51. The van der Waals surface area contributed by atoms with E-state index in [4.69, 9.17) is 11.6 Å². The predicted octanol–water partition coefficient (Wildman–Crippen LogP) is 4.13. The number of aromatic amines is 1. The molecule has 0 radical (unpaired) electrons. The molecule has 1 aromatic heterocycles. The van der Waals surface area contributed by atoms with Gasteiger partial charge in [-0.15, -0.1) is 0 Å². The first-order valence-corrected chi connectivity index (χ1v) is 5.49. The van der Waals surface area contributed by atoms with Gasteiger partial charge in [0, 0.05) is 27.7 Å². The largest absolute Gasteiger partial charge is 0.430 e. The molecule has 0 spiro atoms. The van der Waals surface area contributed by atoms with Gasteiger partial charge in [0.2, 0.25) is 0 Å². The van der Waals surface area contributed by atoms with E-state index in [1.807, 2.05) is 0 Å². The van der Waals surface area contributed by atoms with Gasteiger partial charge in [0.15, 0.2) is 0 Å². The lowest BCUT2D eigenvalue weighted by atomic mass is 9.92. The summed E-state index contributed by atoms with van der Waals surface area (Å²) in [6.07, 6.45) is -11.4. The molecule has 0 saturated carbocycles. The van der Waals surface area contributed by atoms with E-state index >= 15 is 0 Å². The zero-order valence-electron chi connectivity index (χ0n) is 9.40. The van der Waals surface area contributed by atoms with E-state index in [2.05, 4.69) is 4.98 Å². The summed E-state index contributed by atoms with van der Waals surface area (Å²) in [4.78, 5) is 2.25. The summed E-state index contributed by atoms with van der Waals surface area (Å²) in [6.45, 7) is 0. The lowest BCUT2D eigenvalue weighted by Gasteiger charge is -2.32. The first kappa shape index (κ1) is 15.0. The highest BCUT2D eigenvalue weighted by Gasteiger charge is 2.72. The molecule has 20 heavy (non-hydrogen) atoms. The third-order valence-corrected chi connectivity index (χ3v) is 3.09. The van der Waals surface area contributed by atoms with Crippen molar-refractivity contribution in [2.24, 2.45) is 0 Å². The van der Waals surface area contributed by atoms with Gasteiger partial charge in [-0.05, 0) is 18.2 Å². The topological polar surface area (TPSA) is 36.0 Å². The van der Waals surface area contributed by atoms with Crippen molar-refractivity contribution in [1.82, 2.24) is 4.98 Å². The van der Waals surface area contributed by atoms with Crippen LogP contribution in [0.25, 0.3) is 10.9 Å². The fourth-order valence-electron chi connectivity index (χ4n) is 1.86. The SMILES string of the molecule is OC(c1c[nH]c2ccc(Cl)cc12)(C(F)(F)F)C(F)(F)F. The zero-order chi connectivity index (χ0) is 15.3. The molecule has 2 rings (SSSR count). The average Bonchev–Trinajstić information content (AvgIpc) is 2.67. The summed E-state index contributed by atoms with van der Waals surface area (Å²) in [5.74, 6) is 0. The summed E-state index contributed by atoms with van der Waals surface area (Å²) in [5, 5.41) is 8.82. The van der Waals surface area contributed by atoms with E-state index in [0.717, 1.165) is 6.07 Å².